The van der Waals surface area contributed by atoms with Crippen LogP contribution < -0.4 is 0 Å². The van der Waals surface area contributed by atoms with Gasteiger partial charge in [-0.3, -0.25) is 4.79 Å². The van der Waals surface area contributed by atoms with Crippen molar-refractivity contribution in [2.45, 2.75) is 45.6 Å². The van der Waals surface area contributed by atoms with Crippen molar-refractivity contribution in [3.63, 3.8) is 0 Å². The summed E-state index contributed by atoms with van der Waals surface area (Å²) in [7, 11) is -2.51. The highest BCUT2D eigenvalue weighted by Crippen LogP contribution is 2.22. The average molecular weight is 465 g/mol. The summed E-state index contributed by atoms with van der Waals surface area (Å²) in [5.74, 6) is -1.94. The number of aromatic nitrogens is 1. The Morgan fingerprint density at radius 3 is 2.28 bits per heavy atom. The highest BCUT2D eigenvalue weighted by molar-refractivity contribution is 7.89. The number of ether oxygens (including phenoxy) is 2. The van der Waals surface area contributed by atoms with Crippen LogP contribution in [0.25, 0.3) is 0 Å². The summed E-state index contributed by atoms with van der Waals surface area (Å²) in [5.41, 5.74) is 1.26. The van der Waals surface area contributed by atoms with Crippen LogP contribution in [0.15, 0.2) is 29.2 Å². The quantitative estimate of drug-likeness (QED) is 0.447. The molecule has 1 atom stereocenters. The van der Waals surface area contributed by atoms with Gasteiger partial charge in [0.05, 0.1) is 28.8 Å². The summed E-state index contributed by atoms with van der Waals surface area (Å²) in [6.07, 6.45) is -1.17. The fourth-order valence-corrected chi connectivity index (χ4v) is 4.89. The van der Waals surface area contributed by atoms with Crippen molar-refractivity contribution in [3.05, 3.63) is 52.3 Å². The first kappa shape index (κ1) is 25.3. The van der Waals surface area contributed by atoms with Gasteiger partial charge in [-0.25, -0.2) is 18.0 Å². The van der Waals surface area contributed by atoms with Crippen molar-refractivity contribution in [1.82, 2.24) is 9.29 Å². The predicted octanol–water partition coefficient (Wildman–Crippen LogP) is 2.88. The molecule has 0 aliphatic heterocycles. The lowest BCUT2D eigenvalue weighted by atomic mass is 10.1. The molecule has 0 saturated heterocycles. The van der Waals surface area contributed by atoms with E-state index in [2.05, 4.69) is 4.98 Å². The van der Waals surface area contributed by atoms with E-state index < -0.39 is 33.8 Å². The molecule has 2 aromatic rings. The number of sulfonamides is 1. The van der Waals surface area contributed by atoms with E-state index >= 15 is 0 Å². The Balaban J connectivity index is 2.25. The lowest BCUT2D eigenvalue weighted by Gasteiger charge is -2.19. The predicted molar refractivity (Wildman–Crippen MR) is 117 cm³/mol. The largest absolute Gasteiger partial charge is 0.465 e. The molecule has 1 N–H and O–H groups in total. The molecule has 0 fully saturated rings. The summed E-state index contributed by atoms with van der Waals surface area (Å²) in [6, 6.07) is 5.49. The van der Waals surface area contributed by atoms with Gasteiger partial charge in [0.1, 0.15) is 0 Å². The smallest absolute Gasteiger partial charge is 0.339 e. The van der Waals surface area contributed by atoms with Crippen LogP contribution in [-0.4, -0.2) is 61.7 Å². The number of H-pyrrole nitrogens is 1. The summed E-state index contributed by atoms with van der Waals surface area (Å²) >= 11 is 0. The number of rotatable bonds is 9. The van der Waals surface area contributed by atoms with Crippen LogP contribution >= 0.6 is 0 Å². The zero-order valence-electron chi connectivity index (χ0n) is 19.0. The number of carbonyl (C=O) groups excluding carboxylic acids is 3. The number of aryl methyl sites for hydroxylation is 1. The highest BCUT2D eigenvalue weighted by Gasteiger charge is 2.28. The van der Waals surface area contributed by atoms with E-state index in [-0.39, 0.29) is 21.7 Å². The van der Waals surface area contributed by atoms with Gasteiger partial charge in [-0.1, -0.05) is 19.9 Å². The molecule has 174 valence electrons. The van der Waals surface area contributed by atoms with Crippen LogP contribution in [0.5, 0.6) is 0 Å². The highest BCUT2D eigenvalue weighted by atomic mass is 32.2. The number of benzene rings is 1. The van der Waals surface area contributed by atoms with Gasteiger partial charge >= 0.3 is 11.9 Å². The normalized spacial score (nSPS) is 12.5. The van der Waals surface area contributed by atoms with Crippen molar-refractivity contribution in [1.29, 1.82) is 0 Å². The molecule has 32 heavy (non-hydrogen) atoms. The molecule has 1 aromatic heterocycles. The Bertz CT molecular complexity index is 1130. The molecule has 0 aliphatic rings. The van der Waals surface area contributed by atoms with Crippen LogP contribution in [0.3, 0.4) is 0 Å². The van der Waals surface area contributed by atoms with E-state index in [1.54, 1.807) is 27.7 Å². The van der Waals surface area contributed by atoms with E-state index in [1.165, 1.54) is 42.6 Å². The molecule has 0 bridgehead atoms. The molecule has 0 saturated carbocycles. The van der Waals surface area contributed by atoms with Crippen molar-refractivity contribution in [3.8, 4) is 0 Å². The van der Waals surface area contributed by atoms with Crippen LogP contribution in [0.1, 0.15) is 63.2 Å². The minimum atomic E-state index is -3.75. The maximum Gasteiger partial charge on any atom is 0.339 e. The van der Waals surface area contributed by atoms with Gasteiger partial charge in [0.15, 0.2) is 6.10 Å². The van der Waals surface area contributed by atoms with Crippen molar-refractivity contribution >= 4 is 27.7 Å². The SMILES string of the molecule is CCN(CC)S(=O)(=O)c1cccc(C(=O)O[C@@H](C)C(=O)c2[nH]c(C)c(C(=O)OC)c2C)c1. The fourth-order valence-electron chi connectivity index (χ4n) is 3.39. The van der Waals surface area contributed by atoms with Gasteiger partial charge < -0.3 is 14.5 Å². The molecule has 2 rings (SSSR count). The van der Waals surface area contributed by atoms with Gasteiger partial charge in [-0.15, -0.1) is 0 Å². The number of hydrogen-bond donors (Lipinski definition) is 1. The fraction of sp³-hybridized carbons (Fsp3) is 0.409. The minimum Gasteiger partial charge on any atom is -0.465 e. The van der Waals surface area contributed by atoms with Gasteiger partial charge in [0.25, 0.3) is 0 Å². The van der Waals surface area contributed by atoms with Crippen LogP contribution in [0, 0.1) is 13.8 Å². The standard InChI is InChI=1S/C22H28N2O7S/c1-7-24(8-2)32(28,29)17-11-9-10-16(12-17)21(26)31-15(5)20(25)19-13(3)18(14(4)23-19)22(27)30-6/h9-12,15,23H,7-8H2,1-6H3/t15-/m0/s1. The number of ketones is 1. The van der Waals surface area contributed by atoms with Crippen LogP contribution in [0.4, 0.5) is 0 Å². The summed E-state index contributed by atoms with van der Waals surface area (Å²) in [5, 5.41) is 0. The minimum absolute atomic E-state index is 0.00696. The number of aromatic amines is 1. The van der Waals surface area contributed by atoms with E-state index in [0.29, 0.717) is 24.3 Å². The van der Waals surface area contributed by atoms with Gasteiger partial charge in [-0.05, 0) is 44.5 Å². The Kier molecular flexibility index (Phi) is 7.97. The summed E-state index contributed by atoms with van der Waals surface area (Å²) in [4.78, 5) is 40.2. The van der Waals surface area contributed by atoms with Gasteiger partial charge in [0.2, 0.25) is 15.8 Å². The number of nitrogens with one attached hydrogen (secondary N) is 1. The molecule has 0 radical (unpaired) electrons. The molecule has 0 amide bonds. The molecule has 1 aromatic carbocycles. The number of carbonyl (C=O) groups is 3. The number of Topliss-reactive ketones (excluding diaryl/α,β-unsaturated/α-hetero) is 1. The zero-order valence-corrected chi connectivity index (χ0v) is 19.8. The molecule has 0 aliphatic carbocycles. The number of methoxy groups -OCH3 is 1. The van der Waals surface area contributed by atoms with E-state index in [1.807, 2.05) is 0 Å². The third kappa shape index (κ3) is 4.91. The Labute approximate surface area is 187 Å². The lowest BCUT2D eigenvalue weighted by Crippen LogP contribution is -2.30. The second kappa shape index (κ2) is 10.1. The maximum absolute atomic E-state index is 12.8. The van der Waals surface area contributed by atoms with Crippen LogP contribution in [0.2, 0.25) is 0 Å². The first-order chi connectivity index (χ1) is 15.0. The van der Waals surface area contributed by atoms with E-state index in [9.17, 15) is 22.8 Å². The molecule has 0 unspecified atom stereocenters. The molecule has 10 heteroatoms. The molecule has 9 nitrogen and oxygen atoms in total. The topological polar surface area (TPSA) is 123 Å². The van der Waals surface area contributed by atoms with Crippen molar-refractivity contribution < 1.29 is 32.3 Å². The number of nitrogens with zero attached hydrogens (tertiary/aromatic N) is 1. The van der Waals surface area contributed by atoms with Crippen molar-refractivity contribution in [2.75, 3.05) is 20.2 Å². The average Bonchev–Trinajstić information content (AvgIpc) is 3.07. The molecule has 1 heterocycles. The Morgan fingerprint density at radius 1 is 1.09 bits per heavy atom. The summed E-state index contributed by atoms with van der Waals surface area (Å²) in [6.45, 7) is 8.67. The lowest BCUT2D eigenvalue weighted by molar-refractivity contribution is 0.0316. The Morgan fingerprint density at radius 2 is 1.72 bits per heavy atom. The van der Waals surface area contributed by atoms with Crippen LogP contribution in [-0.2, 0) is 19.5 Å². The second-order valence-electron chi connectivity index (χ2n) is 7.15. The first-order valence-corrected chi connectivity index (χ1v) is 11.6. The van der Waals surface area contributed by atoms with Gasteiger partial charge in [-0.2, -0.15) is 4.31 Å². The molecule has 0 spiro atoms. The third-order valence-corrected chi connectivity index (χ3v) is 7.19. The number of hydrogen-bond acceptors (Lipinski definition) is 7. The Hall–Kier alpha value is -2.98. The molecular weight excluding hydrogens is 436 g/mol. The van der Waals surface area contributed by atoms with Gasteiger partial charge in [0, 0.05) is 18.8 Å². The summed E-state index contributed by atoms with van der Waals surface area (Å²) < 4.78 is 36.7. The second-order valence-corrected chi connectivity index (χ2v) is 9.08. The number of esters is 2. The van der Waals surface area contributed by atoms with E-state index in [4.69, 9.17) is 9.47 Å². The monoisotopic (exact) mass is 464 g/mol. The zero-order chi connectivity index (χ0) is 24.2. The molecular formula is C22H28N2O7S. The van der Waals surface area contributed by atoms with E-state index in [0.717, 1.165) is 0 Å². The maximum atomic E-state index is 12.8. The van der Waals surface area contributed by atoms with Crippen molar-refractivity contribution in [2.24, 2.45) is 0 Å². The first-order valence-electron chi connectivity index (χ1n) is 10.1. The third-order valence-electron chi connectivity index (χ3n) is 5.14.